The van der Waals surface area contributed by atoms with Crippen molar-refractivity contribution in [3.8, 4) is 0 Å². The third kappa shape index (κ3) is 2.92. The Morgan fingerprint density at radius 2 is 2.12 bits per heavy atom. The molecule has 1 aliphatic rings. The van der Waals surface area contributed by atoms with Crippen LogP contribution in [0.2, 0.25) is 0 Å². The number of aliphatic hydroxyl groups excluding tert-OH is 1. The Kier molecular flexibility index (Phi) is 4.69. The summed E-state index contributed by atoms with van der Waals surface area (Å²) in [6, 6.07) is 2.62. The van der Waals surface area contributed by atoms with Gasteiger partial charge in [0.05, 0.1) is 23.1 Å². The van der Waals surface area contributed by atoms with Crippen LogP contribution in [0.3, 0.4) is 0 Å². The fourth-order valence-electron chi connectivity index (χ4n) is 3.20. The Balaban J connectivity index is 2.14. The van der Waals surface area contributed by atoms with Gasteiger partial charge in [-0.25, -0.2) is 0 Å². The lowest BCUT2D eigenvalue weighted by Crippen LogP contribution is -2.35. The molecule has 0 radical (unpaired) electrons. The van der Waals surface area contributed by atoms with E-state index in [1.165, 1.54) is 11.2 Å². The predicted molar refractivity (Wildman–Crippen MR) is 94.3 cm³/mol. The number of H-pyrrole nitrogens is 1. The van der Waals surface area contributed by atoms with Gasteiger partial charge in [-0.1, -0.05) is 0 Å². The molecule has 138 valence electrons. The second-order valence-electron chi connectivity index (χ2n) is 6.62. The second-order valence-corrected chi connectivity index (χ2v) is 6.62. The average Bonchev–Trinajstić information content (AvgIpc) is 3.27. The van der Waals surface area contributed by atoms with Crippen LogP contribution in [0.5, 0.6) is 0 Å². The van der Waals surface area contributed by atoms with E-state index >= 15 is 0 Å². The fourth-order valence-corrected chi connectivity index (χ4v) is 3.20. The van der Waals surface area contributed by atoms with Crippen molar-refractivity contribution in [2.24, 2.45) is 0 Å². The number of ketones is 1. The Morgan fingerprint density at radius 1 is 1.38 bits per heavy atom. The minimum atomic E-state index is -0.765. The van der Waals surface area contributed by atoms with Crippen molar-refractivity contribution in [3.05, 3.63) is 46.7 Å². The van der Waals surface area contributed by atoms with Gasteiger partial charge in [0, 0.05) is 18.8 Å². The third-order valence-electron chi connectivity index (χ3n) is 4.51. The van der Waals surface area contributed by atoms with Crippen molar-refractivity contribution < 1.29 is 19.1 Å². The summed E-state index contributed by atoms with van der Waals surface area (Å²) in [4.78, 5) is 28.7. The van der Waals surface area contributed by atoms with Gasteiger partial charge in [0.15, 0.2) is 0 Å². The zero-order valence-electron chi connectivity index (χ0n) is 15.2. The van der Waals surface area contributed by atoms with E-state index in [1.54, 1.807) is 26.0 Å². The van der Waals surface area contributed by atoms with Gasteiger partial charge >= 0.3 is 0 Å². The fraction of sp³-hybridized carbons (Fsp3) is 0.389. The largest absolute Gasteiger partial charge is 0.507 e. The third-order valence-corrected chi connectivity index (χ3v) is 4.51. The zero-order chi connectivity index (χ0) is 19.0. The number of aromatic amines is 1. The van der Waals surface area contributed by atoms with Gasteiger partial charge in [-0.3, -0.25) is 14.7 Å². The summed E-state index contributed by atoms with van der Waals surface area (Å²) >= 11 is 0. The summed E-state index contributed by atoms with van der Waals surface area (Å²) in [7, 11) is 3.77. The van der Waals surface area contributed by atoms with Crippen LogP contribution in [0.1, 0.15) is 28.8 Å². The van der Waals surface area contributed by atoms with Crippen LogP contribution in [0.25, 0.3) is 5.76 Å². The molecule has 3 heterocycles. The molecule has 8 nitrogen and oxygen atoms in total. The topological polar surface area (TPSA) is 103 Å². The first kappa shape index (κ1) is 17.9. The standard InChI is InChI=1S/C18H22N4O4/c1-10-13(11(2)20-19-10)16(23)14-15(12-6-5-9-26-12)22(8-7-21(3)4)18(25)17(14)24/h5-6,9,15,23H,7-8H2,1-4H3,(H,19,20)/t15-/m0/s1. The van der Waals surface area contributed by atoms with E-state index in [0.717, 1.165) is 0 Å². The van der Waals surface area contributed by atoms with Gasteiger partial charge in [-0.15, -0.1) is 0 Å². The Labute approximate surface area is 151 Å². The van der Waals surface area contributed by atoms with E-state index in [1.807, 2.05) is 19.0 Å². The van der Waals surface area contributed by atoms with Gasteiger partial charge in [-0.2, -0.15) is 5.10 Å². The van der Waals surface area contributed by atoms with E-state index in [-0.39, 0.29) is 11.3 Å². The summed E-state index contributed by atoms with van der Waals surface area (Å²) in [6.45, 7) is 4.39. The van der Waals surface area contributed by atoms with Gasteiger partial charge < -0.3 is 19.3 Å². The van der Waals surface area contributed by atoms with E-state index < -0.39 is 17.7 Å². The van der Waals surface area contributed by atoms with Crippen LogP contribution < -0.4 is 0 Å². The number of nitrogens with one attached hydrogen (secondary N) is 1. The minimum Gasteiger partial charge on any atom is -0.507 e. The molecule has 0 bridgehead atoms. The minimum absolute atomic E-state index is 0.0244. The van der Waals surface area contributed by atoms with E-state index in [0.29, 0.717) is 35.8 Å². The molecular formula is C18H22N4O4. The van der Waals surface area contributed by atoms with Crippen LogP contribution in [0, 0.1) is 13.8 Å². The van der Waals surface area contributed by atoms with Crippen LogP contribution in [0.15, 0.2) is 28.4 Å². The maximum absolute atomic E-state index is 12.7. The monoisotopic (exact) mass is 358 g/mol. The first-order valence-electron chi connectivity index (χ1n) is 8.31. The van der Waals surface area contributed by atoms with Crippen molar-refractivity contribution in [2.45, 2.75) is 19.9 Å². The number of amides is 1. The number of furan rings is 1. The number of likely N-dealkylation sites (N-methyl/N-ethyl adjacent to an activating group) is 1. The van der Waals surface area contributed by atoms with Crippen molar-refractivity contribution in [3.63, 3.8) is 0 Å². The molecule has 0 spiro atoms. The molecule has 1 aliphatic heterocycles. The molecule has 26 heavy (non-hydrogen) atoms. The summed E-state index contributed by atoms with van der Waals surface area (Å²) < 4.78 is 5.48. The Hall–Kier alpha value is -2.87. The molecule has 1 atom stereocenters. The summed E-state index contributed by atoms with van der Waals surface area (Å²) in [6.07, 6.45) is 1.48. The summed E-state index contributed by atoms with van der Waals surface area (Å²) in [5.41, 5.74) is 1.64. The number of hydrogen-bond acceptors (Lipinski definition) is 6. The lowest BCUT2D eigenvalue weighted by atomic mass is 9.98. The van der Waals surface area contributed by atoms with Gasteiger partial charge in [0.1, 0.15) is 17.6 Å². The SMILES string of the molecule is Cc1n[nH]c(C)c1C(O)=C1C(=O)C(=O)N(CCN(C)C)[C@H]1c1ccco1. The van der Waals surface area contributed by atoms with Crippen LogP contribution in [-0.2, 0) is 9.59 Å². The number of aliphatic hydroxyl groups is 1. The van der Waals surface area contributed by atoms with Gasteiger partial charge in [0.2, 0.25) is 0 Å². The number of carbonyl (C=O) groups excluding carboxylic acids is 2. The van der Waals surface area contributed by atoms with Gasteiger partial charge in [-0.05, 0) is 40.1 Å². The lowest BCUT2D eigenvalue weighted by Gasteiger charge is -2.24. The first-order chi connectivity index (χ1) is 12.3. The molecule has 0 aliphatic carbocycles. The van der Waals surface area contributed by atoms with Crippen molar-refractivity contribution in [2.75, 3.05) is 27.2 Å². The van der Waals surface area contributed by atoms with E-state index in [9.17, 15) is 14.7 Å². The molecule has 3 rings (SSSR count). The van der Waals surface area contributed by atoms with Gasteiger partial charge in [0.25, 0.3) is 11.7 Å². The summed E-state index contributed by atoms with van der Waals surface area (Å²) in [5.74, 6) is -1.17. The maximum Gasteiger partial charge on any atom is 0.295 e. The molecule has 0 aromatic carbocycles. The molecule has 8 heteroatoms. The average molecular weight is 358 g/mol. The quantitative estimate of drug-likeness (QED) is 0.478. The number of rotatable bonds is 5. The zero-order valence-corrected chi connectivity index (χ0v) is 15.2. The highest BCUT2D eigenvalue weighted by atomic mass is 16.3. The molecule has 2 aromatic heterocycles. The predicted octanol–water partition coefficient (Wildman–Crippen LogP) is 1.60. The lowest BCUT2D eigenvalue weighted by molar-refractivity contribution is -0.140. The highest BCUT2D eigenvalue weighted by molar-refractivity contribution is 6.46. The van der Waals surface area contributed by atoms with Crippen LogP contribution in [0.4, 0.5) is 0 Å². The molecule has 0 saturated carbocycles. The normalized spacial score (nSPS) is 19.7. The highest BCUT2D eigenvalue weighted by Crippen LogP contribution is 2.40. The Morgan fingerprint density at radius 3 is 2.65 bits per heavy atom. The van der Waals surface area contributed by atoms with Crippen LogP contribution >= 0.6 is 0 Å². The summed E-state index contributed by atoms with van der Waals surface area (Å²) in [5, 5.41) is 17.7. The molecular weight excluding hydrogens is 336 g/mol. The number of nitrogens with zero attached hydrogens (tertiary/aromatic N) is 3. The molecule has 2 N–H and O–H groups in total. The number of likely N-dealkylation sites (tertiary alicyclic amines) is 1. The number of Topliss-reactive ketones (excluding diaryl/α,β-unsaturated/α-hetero) is 1. The molecule has 0 unspecified atom stereocenters. The first-order valence-corrected chi connectivity index (χ1v) is 8.31. The van der Waals surface area contributed by atoms with Crippen molar-refractivity contribution in [1.29, 1.82) is 0 Å². The molecule has 1 saturated heterocycles. The smallest absolute Gasteiger partial charge is 0.295 e. The van der Waals surface area contributed by atoms with E-state index in [4.69, 9.17) is 4.42 Å². The number of hydrogen-bond donors (Lipinski definition) is 2. The number of carbonyl (C=O) groups is 2. The Bertz CT molecular complexity index is 844. The molecule has 1 fully saturated rings. The second kappa shape index (κ2) is 6.80. The molecule has 1 amide bonds. The van der Waals surface area contributed by atoms with Crippen LogP contribution in [-0.4, -0.2) is 64.0 Å². The number of aromatic nitrogens is 2. The molecule has 2 aromatic rings. The maximum atomic E-state index is 12.7. The van der Waals surface area contributed by atoms with Crippen molar-refractivity contribution >= 4 is 17.4 Å². The number of aryl methyl sites for hydroxylation is 2. The highest BCUT2D eigenvalue weighted by Gasteiger charge is 2.47. The van der Waals surface area contributed by atoms with E-state index in [2.05, 4.69) is 10.2 Å². The van der Waals surface area contributed by atoms with Crippen molar-refractivity contribution in [1.82, 2.24) is 20.0 Å².